The van der Waals surface area contributed by atoms with Crippen LogP contribution in [0.15, 0.2) is 12.4 Å². The Bertz CT molecular complexity index is 233. The average Bonchev–Trinajstić information content (AvgIpc) is 2.05. The van der Waals surface area contributed by atoms with Crippen LogP contribution in [0, 0.1) is 0 Å². The molecule has 0 radical (unpaired) electrons. The largest absolute Gasteiger partial charge is 0.494 e. The van der Waals surface area contributed by atoms with Gasteiger partial charge in [0.1, 0.15) is 0 Å². The molecule has 1 heterocycles. The van der Waals surface area contributed by atoms with E-state index in [1.807, 2.05) is 13.8 Å². The van der Waals surface area contributed by atoms with E-state index in [-0.39, 0.29) is 0 Å². The predicted molar refractivity (Wildman–Crippen MR) is 47.3 cm³/mol. The topological polar surface area (TPSA) is 47.0 Å². The standard InChI is InChI=1S/C8H13N3O/c1-6(2)11-8-9-4-7(12-3)5-10-8/h4-6H,1-3H3,(H,9,10,11). The number of nitrogens with zero attached hydrogens (tertiary/aromatic N) is 2. The van der Waals surface area contributed by atoms with Gasteiger partial charge >= 0.3 is 0 Å². The fourth-order valence-electron chi connectivity index (χ4n) is 0.754. The highest BCUT2D eigenvalue weighted by atomic mass is 16.5. The van der Waals surface area contributed by atoms with Crippen molar-refractivity contribution in [2.45, 2.75) is 19.9 Å². The van der Waals surface area contributed by atoms with Crippen LogP contribution in [0.3, 0.4) is 0 Å². The number of hydrogen-bond acceptors (Lipinski definition) is 4. The van der Waals surface area contributed by atoms with E-state index >= 15 is 0 Å². The molecule has 0 saturated heterocycles. The van der Waals surface area contributed by atoms with Crippen LogP contribution in [0.1, 0.15) is 13.8 Å². The maximum Gasteiger partial charge on any atom is 0.223 e. The molecule has 0 aliphatic carbocycles. The minimum atomic E-state index is 0.346. The van der Waals surface area contributed by atoms with E-state index in [4.69, 9.17) is 4.74 Å². The summed E-state index contributed by atoms with van der Waals surface area (Å²) in [6.07, 6.45) is 3.27. The summed E-state index contributed by atoms with van der Waals surface area (Å²) in [6.45, 7) is 4.07. The minimum absolute atomic E-state index is 0.346. The predicted octanol–water partition coefficient (Wildman–Crippen LogP) is 1.31. The Morgan fingerprint density at radius 3 is 2.33 bits per heavy atom. The van der Waals surface area contributed by atoms with Gasteiger partial charge in [0.15, 0.2) is 5.75 Å². The molecule has 0 saturated carbocycles. The number of hydrogen-bond donors (Lipinski definition) is 1. The zero-order valence-corrected chi connectivity index (χ0v) is 7.53. The van der Waals surface area contributed by atoms with Crippen molar-refractivity contribution in [3.05, 3.63) is 12.4 Å². The van der Waals surface area contributed by atoms with Crippen LogP contribution >= 0.6 is 0 Å². The van der Waals surface area contributed by atoms with Crippen LogP contribution in [0.5, 0.6) is 5.75 Å². The van der Waals surface area contributed by atoms with Crippen molar-refractivity contribution in [2.75, 3.05) is 12.4 Å². The molecule has 1 rings (SSSR count). The number of rotatable bonds is 3. The van der Waals surface area contributed by atoms with E-state index in [1.165, 1.54) is 0 Å². The van der Waals surface area contributed by atoms with Crippen molar-refractivity contribution in [3.8, 4) is 5.75 Å². The van der Waals surface area contributed by atoms with Gasteiger partial charge in [0, 0.05) is 6.04 Å². The maximum absolute atomic E-state index is 4.92. The van der Waals surface area contributed by atoms with Crippen LogP contribution < -0.4 is 10.1 Å². The molecular formula is C8H13N3O. The molecule has 0 amide bonds. The fraction of sp³-hybridized carbons (Fsp3) is 0.500. The summed E-state index contributed by atoms with van der Waals surface area (Å²) in [4.78, 5) is 8.08. The molecule has 0 aliphatic rings. The van der Waals surface area contributed by atoms with E-state index in [1.54, 1.807) is 19.5 Å². The maximum atomic E-state index is 4.92. The zero-order chi connectivity index (χ0) is 8.97. The molecule has 0 bridgehead atoms. The third kappa shape index (κ3) is 2.38. The van der Waals surface area contributed by atoms with E-state index in [0.717, 1.165) is 0 Å². The van der Waals surface area contributed by atoms with Gasteiger partial charge < -0.3 is 10.1 Å². The number of anilines is 1. The minimum Gasteiger partial charge on any atom is -0.494 e. The van der Waals surface area contributed by atoms with Gasteiger partial charge in [-0.2, -0.15) is 0 Å². The van der Waals surface area contributed by atoms with Crippen molar-refractivity contribution in [2.24, 2.45) is 0 Å². The summed E-state index contributed by atoms with van der Waals surface area (Å²) in [5, 5.41) is 3.08. The van der Waals surface area contributed by atoms with Crippen molar-refractivity contribution in [3.63, 3.8) is 0 Å². The van der Waals surface area contributed by atoms with Crippen molar-refractivity contribution in [1.29, 1.82) is 0 Å². The lowest BCUT2D eigenvalue weighted by molar-refractivity contribution is 0.411. The van der Waals surface area contributed by atoms with Crippen LogP contribution in [0.4, 0.5) is 5.95 Å². The summed E-state index contributed by atoms with van der Waals surface area (Å²) >= 11 is 0. The van der Waals surface area contributed by atoms with Gasteiger partial charge in [0.25, 0.3) is 0 Å². The summed E-state index contributed by atoms with van der Waals surface area (Å²) in [7, 11) is 1.59. The molecule has 1 aromatic rings. The highest BCUT2D eigenvalue weighted by Crippen LogP contribution is 2.07. The van der Waals surface area contributed by atoms with Gasteiger partial charge in [-0.3, -0.25) is 0 Å². The van der Waals surface area contributed by atoms with E-state index in [9.17, 15) is 0 Å². The second kappa shape index (κ2) is 3.90. The number of nitrogens with one attached hydrogen (secondary N) is 1. The van der Waals surface area contributed by atoms with Crippen LogP contribution in [-0.2, 0) is 0 Å². The first-order chi connectivity index (χ1) is 5.72. The molecule has 0 aliphatic heterocycles. The van der Waals surface area contributed by atoms with Gasteiger partial charge in [-0.15, -0.1) is 0 Å². The Kier molecular flexibility index (Phi) is 2.85. The molecule has 0 fully saturated rings. The quantitative estimate of drug-likeness (QED) is 0.737. The number of ether oxygens (including phenoxy) is 1. The molecule has 1 aromatic heterocycles. The lowest BCUT2D eigenvalue weighted by atomic mass is 10.4. The Morgan fingerprint density at radius 2 is 1.92 bits per heavy atom. The number of aromatic nitrogens is 2. The molecule has 0 spiro atoms. The van der Waals surface area contributed by atoms with E-state index < -0.39 is 0 Å². The molecule has 4 nitrogen and oxygen atoms in total. The second-order valence-corrected chi connectivity index (χ2v) is 2.75. The molecule has 12 heavy (non-hydrogen) atoms. The third-order valence-electron chi connectivity index (χ3n) is 1.28. The van der Waals surface area contributed by atoms with Gasteiger partial charge in [-0.05, 0) is 13.8 Å². The van der Waals surface area contributed by atoms with E-state index in [0.29, 0.717) is 17.7 Å². The van der Waals surface area contributed by atoms with Gasteiger partial charge in [0.05, 0.1) is 19.5 Å². The third-order valence-corrected chi connectivity index (χ3v) is 1.28. The van der Waals surface area contributed by atoms with Gasteiger partial charge in [-0.1, -0.05) is 0 Å². The summed E-state index contributed by atoms with van der Waals surface area (Å²) in [6, 6.07) is 0.346. The Morgan fingerprint density at radius 1 is 1.33 bits per heavy atom. The first-order valence-electron chi connectivity index (χ1n) is 3.85. The highest BCUT2D eigenvalue weighted by molar-refractivity contribution is 5.27. The lowest BCUT2D eigenvalue weighted by Gasteiger charge is -2.07. The first-order valence-corrected chi connectivity index (χ1v) is 3.85. The van der Waals surface area contributed by atoms with Crippen molar-refractivity contribution < 1.29 is 4.74 Å². The zero-order valence-electron chi connectivity index (χ0n) is 7.53. The molecule has 0 atom stereocenters. The van der Waals surface area contributed by atoms with Crippen LogP contribution in [0.2, 0.25) is 0 Å². The fourth-order valence-corrected chi connectivity index (χ4v) is 0.754. The molecule has 4 heteroatoms. The van der Waals surface area contributed by atoms with Crippen molar-refractivity contribution >= 4 is 5.95 Å². The SMILES string of the molecule is COc1cnc(NC(C)C)nc1. The van der Waals surface area contributed by atoms with E-state index in [2.05, 4.69) is 15.3 Å². The number of methoxy groups -OCH3 is 1. The Hall–Kier alpha value is -1.32. The second-order valence-electron chi connectivity index (χ2n) is 2.75. The van der Waals surface area contributed by atoms with Gasteiger partial charge in [0.2, 0.25) is 5.95 Å². The monoisotopic (exact) mass is 167 g/mol. The summed E-state index contributed by atoms with van der Waals surface area (Å²) < 4.78 is 4.92. The smallest absolute Gasteiger partial charge is 0.223 e. The lowest BCUT2D eigenvalue weighted by Crippen LogP contribution is -2.12. The first kappa shape index (κ1) is 8.77. The van der Waals surface area contributed by atoms with Gasteiger partial charge in [-0.25, -0.2) is 9.97 Å². The molecule has 0 aromatic carbocycles. The summed E-state index contributed by atoms with van der Waals surface area (Å²) in [5.74, 6) is 1.30. The summed E-state index contributed by atoms with van der Waals surface area (Å²) in [5.41, 5.74) is 0. The molecule has 1 N–H and O–H groups in total. The Labute approximate surface area is 72.0 Å². The molecular weight excluding hydrogens is 154 g/mol. The molecule has 0 unspecified atom stereocenters. The molecule has 66 valence electrons. The normalized spacial score (nSPS) is 10.0. The average molecular weight is 167 g/mol. The van der Waals surface area contributed by atoms with Crippen LogP contribution in [0.25, 0.3) is 0 Å². The van der Waals surface area contributed by atoms with Crippen molar-refractivity contribution in [1.82, 2.24) is 9.97 Å². The Balaban J connectivity index is 2.65. The van der Waals surface area contributed by atoms with Crippen LogP contribution in [-0.4, -0.2) is 23.1 Å². The highest BCUT2D eigenvalue weighted by Gasteiger charge is 1.97.